The van der Waals surface area contributed by atoms with Crippen molar-refractivity contribution in [1.82, 2.24) is 9.80 Å². The second-order valence-corrected chi connectivity index (χ2v) is 6.91. The van der Waals surface area contributed by atoms with Crippen LogP contribution in [0.25, 0.3) is 0 Å². The van der Waals surface area contributed by atoms with Gasteiger partial charge in [-0.2, -0.15) is 0 Å². The van der Waals surface area contributed by atoms with E-state index in [9.17, 15) is 9.59 Å². The van der Waals surface area contributed by atoms with Crippen molar-refractivity contribution in [3.05, 3.63) is 70.8 Å². The van der Waals surface area contributed by atoms with Gasteiger partial charge in [0.2, 0.25) is 11.8 Å². The molecule has 0 aliphatic carbocycles. The number of nitrogens with zero attached hydrogens (tertiary/aromatic N) is 2. The molecule has 0 aromatic heterocycles. The number of rotatable bonds is 0. The van der Waals surface area contributed by atoms with Crippen molar-refractivity contribution in [3.8, 4) is 0 Å². The number of fused-ring (bicyclic) bond motifs is 4. The maximum Gasteiger partial charge on any atom is 0.246 e. The van der Waals surface area contributed by atoms with E-state index in [0.717, 1.165) is 0 Å². The molecule has 24 heavy (non-hydrogen) atoms. The normalized spacial score (nSPS) is 24.8. The van der Waals surface area contributed by atoms with Gasteiger partial charge in [-0.3, -0.25) is 9.59 Å². The van der Waals surface area contributed by atoms with Gasteiger partial charge in [-0.05, 0) is 22.3 Å². The van der Waals surface area contributed by atoms with Crippen molar-refractivity contribution in [2.45, 2.75) is 38.0 Å². The summed E-state index contributed by atoms with van der Waals surface area (Å²) in [6, 6.07) is 15.6. The highest BCUT2D eigenvalue weighted by Crippen LogP contribution is 2.34. The first-order valence-electron chi connectivity index (χ1n) is 8.47. The minimum atomic E-state index is -0.339. The van der Waals surface area contributed by atoms with Crippen LogP contribution < -0.4 is 0 Å². The molecule has 2 aromatic rings. The number of hydrogen-bond donors (Lipinski definition) is 0. The summed E-state index contributed by atoms with van der Waals surface area (Å²) in [5, 5.41) is 0. The zero-order chi connectivity index (χ0) is 16.3. The van der Waals surface area contributed by atoms with Gasteiger partial charge >= 0.3 is 0 Å². The lowest BCUT2D eigenvalue weighted by Gasteiger charge is -2.49. The molecule has 3 aliphatic rings. The van der Waals surface area contributed by atoms with Gasteiger partial charge in [-0.1, -0.05) is 48.5 Å². The van der Waals surface area contributed by atoms with Crippen LogP contribution in [0, 0.1) is 0 Å². The second kappa shape index (κ2) is 4.94. The van der Waals surface area contributed by atoms with E-state index >= 15 is 0 Å². The van der Waals surface area contributed by atoms with E-state index in [1.165, 1.54) is 22.3 Å². The molecular formula is C20H18N2O2. The number of carbonyl (C=O) groups is 2. The molecular weight excluding hydrogens is 300 g/mol. The molecule has 120 valence electrons. The van der Waals surface area contributed by atoms with Crippen LogP contribution in [-0.2, 0) is 35.5 Å². The number of piperazine rings is 1. The first kappa shape index (κ1) is 13.8. The zero-order valence-electron chi connectivity index (χ0n) is 13.3. The molecule has 0 saturated carbocycles. The summed E-state index contributed by atoms with van der Waals surface area (Å²) in [7, 11) is 0. The van der Waals surface area contributed by atoms with E-state index in [2.05, 4.69) is 24.3 Å². The average molecular weight is 318 g/mol. The Morgan fingerprint density at radius 1 is 0.625 bits per heavy atom. The molecule has 3 heterocycles. The van der Waals surface area contributed by atoms with Gasteiger partial charge in [0.05, 0.1) is 0 Å². The first-order valence-corrected chi connectivity index (χ1v) is 8.47. The minimum absolute atomic E-state index is 0.101. The summed E-state index contributed by atoms with van der Waals surface area (Å²) in [6.45, 7) is 1.11. The third-order valence-electron chi connectivity index (χ3n) is 5.63. The van der Waals surface area contributed by atoms with Crippen LogP contribution in [0.1, 0.15) is 22.3 Å². The minimum Gasteiger partial charge on any atom is -0.324 e. The van der Waals surface area contributed by atoms with Gasteiger partial charge in [0.1, 0.15) is 12.1 Å². The molecule has 2 atom stereocenters. The highest BCUT2D eigenvalue weighted by molar-refractivity contribution is 5.98. The molecule has 2 aromatic carbocycles. The van der Waals surface area contributed by atoms with Crippen LogP contribution in [0.3, 0.4) is 0 Å². The quantitative estimate of drug-likeness (QED) is 0.744. The van der Waals surface area contributed by atoms with Crippen LogP contribution >= 0.6 is 0 Å². The maximum absolute atomic E-state index is 13.1. The zero-order valence-corrected chi connectivity index (χ0v) is 13.3. The summed E-state index contributed by atoms with van der Waals surface area (Å²) in [4.78, 5) is 29.8. The third-order valence-corrected chi connectivity index (χ3v) is 5.63. The van der Waals surface area contributed by atoms with Crippen LogP contribution in [0.15, 0.2) is 48.5 Å². The number of amides is 2. The Morgan fingerprint density at radius 2 is 1.00 bits per heavy atom. The van der Waals surface area contributed by atoms with Crippen molar-refractivity contribution in [2.24, 2.45) is 0 Å². The summed E-state index contributed by atoms with van der Waals surface area (Å²) >= 11 is 0. The SMILES string of the molecule is O=C1[C@@H]2Cc3ccccc3CN2C(=O)[C@H]2Cc3ccccc3CN12. The number of benzene rings is 2. The monoisotopic (exact) mass is 318 g/mol. The lowest BCUT2D eigenvalue weighted by Crippen LogP contribution is -2.67. The first-order chi connectivity index (χ1) is 11.7. The van der Waals surface area contributed by atoms with Crippen molar-refractivity contribution >= 4 is 11.8 Å². The molecule has 0 bridgehead atoms. The summed E-state index contributed by atoms with van der Waals surface area (Å²) < 4.78 is 0. The van der Waals surface area contributed by atoms with Crippen LogP contribution in [0.5, 0.6) is 0 Å². The van der Waals surface area contributed by atoms with Crippen LogP contribution in [-0.4, -0.2) is 33.7 Å². The predicted molar refractivity (Wildman–Crippen MR) is 89.0 cm³/mol. The largest absolute Gasteiger partial charge is 0.324 e. The third kappa shape index (κ3) is 1.86. The Bertz CT molecular complexity index is 723. The van der Waals surface area contributed by atoms with Crippen molar-refractivity contribution in [2.75, 3.05) is 0 Å². The van der Waals surface area contributed by atoms with Gasteiger partial charge in [-0.25, -0.2) is 0 Å². The van der Waals surface area contributed by atoms with E-state index in [4.69, 9.17) is 0 Å². The highest BCUT2D eigenvalue weighted by Gasteiger charge is 2.48. The number of carbonyl (C=O) groups excluding carboxylic acids is 2. The summed E-state index contributed by atoms with van der Waals surface area (Å²) in [5.74, 6) is 0.201. The van der Waals surface area contributed by atoms with Crippen molar-refractivity contribution < 1.29 is 9.59 Å². The molecule has 2 amide bonds. The maximum atomic E-state index is 13.1. The van der Waals surface area contributed by atoms with Crippen LogP contribution in [0.4, 0.5) is 0 Å². The standard InChI is InChI=1S/C20H18N2O2/c23-19-17-9-13-5-1-3-7-15(13)11-21(17)20(24)18-10-14-6-2-4-8-16(14)12-22(18)19/h1-8,17-18H,9-12H2/t17-,18+. The fourth-order valence-corrected chi connectivity index (χ4v) is 4.33. The Kier molecular flexibility index (Phi) is 2.84. The van der Waals surface area contributed by atoms with E-state index in [1.807, 2.05) is 24.3 Å². The van der Waals surface area contributed by atoms with E-state index < -0.39 is 0 Å². The Balaban J connectivity index is 1.54. The molecule has 0 N–H and O–H groups in total. The molecule has 0 spiro atoms. The average Bonchev–Trinajstić information content (AvgIpc) is 2.64. The molecule has 0 unspecified atom stereocenters. The highest BCUT2D eigenvalue weighted by atomic mass is 16.2. The smallest absolute Gasteiger partial charge is 0.246 e. The molecule has 5 rings (SSSR count). The van der Waals surface area contributed by atoms with Crippen LogP contribution in [0.2, 0.25) is 0 Å². The summed E-state index contributed by atoms with van der Waals surface area (Å²) in [5.41, 5.74) is 4.71. The second-order valence-electron chi connectivity index (χ2n) is 6.91. The summed E-state index contributed by atoms with van der Waals surface area (Å²) in [6.07, 6.45) is 1.26. The molecule has 4 nitrogen and oxygen atoms in total. The Labute approximate surface area is 140 Å². The predicted octanol–water partition coefficient (Wildman–Crippen LogP) is 1.91. The van der Waals surface area contributed by atoms with E-state index in [0.29, 0.717) is 25.9 Å². The van der Waals surface area contributed by atoms with Gasteiger partial charge < -0.3 is 9.80 Å². The topological polar surface area (TPSA) is 40.6 Å². The fraction of sp³-hybridized carbons (Fsp3) is 0.300. The molecule has 3 aliphatic heterocycles. The van der Waals surface area contributed by atoms with Crippen molar-refractivity contribution in [3.63, 3.8) is 0 Å². The van der Waals surface area contributed by atoms with Gasteiger partial charge in [0, 0.05) is 25.9 Å². The molecule has 1 fully saturated rings. The van der Waals surface area contributed by atoms with E-state index in [1.54, 1.807) is 9.80 Å². The van der Waals surface area contributed by atoms with Gasteiger partial charge in [0.25, 0.3) is 0 Å². The molecule has 1 saturated heterocycles. The van der Waals surface area contributed by atoms with Crippen molar-refractivity contribution in [1.29, 1.82) is 0 Å². The van der Waals surface area contributed by atoms with Gasteiger partial charge in [-0.15, -0.1) is 0 Å². The molecule has 4 heteroatoms. The molecule has 0 radical (unpaired) electrons. The fourth-order valence-electron chi connectivity index (χ4n) is 4.33. The Hall–Kier alpha value is -2.62. The van der Waals surface area contributed by atoms with E-state index in [-0.39, 0.29) is 23.9 Å². The lowest BCUT2D eigenvalue weighted by atomic mass is 9.85. The lowest BCUT2D eigenvalue weighted by molar-refractivity contribution is -0.164. The Morgan fingerprint density at radius 3 is 1.42 bits per heavy atom. The number of hydrogen-bond acceptors (Lipinski definition) is 2. The van der Waals surface area contributed by atoms with Gasteiger partial charge in [0.15, 0.2) is 0 Å².